The summed E-state index contributed by atoms with van der Waals surface area (Å²) in [4.78, 5) is 17.8. The van der Waals surface area contributed by atoms with Crippen molar-refractivity contribution in [2.75, 3.05) is 37.0 Å². The fourth-order valence-corrected chi connectivity index (χ4v) is 2.97. The first kappa shape index (κ1) is 12.8. The Hall–Kier alpha value is -1.63. The molecule has 2 rings (SSSR count). The van der Waals surface area contributed by atoms with Crippen molar-refractivity contribution in [3.63, 3.8) is 0 Å². The molecule has 1 aromatic rings. The lowest BCUT2D eigenvalue weighted by Gasteiger charge is -2.26. The van der Waals surface area contributed by atoms with Gasteiger partial charge in [-0.25, -0.2) is 13.4 Å². The second-order valence-electron chi connectivity index (χ2n) is 4.10. The number of hydrogen-bond acceptors (Lipinski definition) is 5. The number of nitrogens with one attached hydrogen (secondary N) is 1. The number of amides is 1. The summed E-state index contributed by atoms with van der Waals surface area (Å²) in [7, 11) is -1.24. The van der Waals surface area contributed by atoms with Gasteiger partial charge in [-0.3, -0.25) is 4.79 Å². The molecule has 18 heavy (non-hydrogen) atoms. The SMILES string of the molecule is CNc1cccc(C(=O)N2CCS(=O)(=O)CC2)n1. The molecule has 1 aromatic heterocycles. The molecule has 1 saturated heterocycles. The van der Waals surface area contributed by atoms with Crippen LogP contribution in [0.15, 0.2) is 18.2 Å². The van der Waals surface area contributed by atoms with E-state index in [0.717, 1.165) is 0 Å². The molecule has 1 aliphatic heterocycles. The number of aromatic nitrogens is 1. The fourth-order valence-electron chi connectivity index (χ4n) is 1.77. The molecule has 1 aliphatic rings. The van der Waals surface area contributed by atoms with Crippen LogP contribution in [-0.4, -0.2) is 55.9 Å². The Morgan fingerprint density at radius 1 is 1.33 bits per heavy atom. The number of pyridine rings is 1. The van der Waals surface area contributed by atoms with Gasteiger partial charge >= 0.3 is 0 Å². The van der Waals surface area contributed by atoms with Crippen molar-refractivity contribution in [3.8, 4) is 0 Å². The summed E-state index contributed by atoms with van der Waals surface area (Å²) in [6.07, 6.45) is 0. The van der Waals surface area contributed by atoms with Crippen LogP contribution >= 0.6 is 0 Å². The first-order valence-electron chi connectivity index (χ1n) is 5.66. The van der Waals surface area contributed by atoms with Gasteiger partial charge in [0.1, 0.15) is 11.5 Å². The van der Waals surface area contributed by atoms with E-state index in [1.165, 1.54) is 4.90 Å². The van der Waals surface area contributed by atoms with Gasteiger partial charge in [0.2, 0.25) is 0 Å². The minimum atomic E-state index is -2.97. The van der Waals surface area contributed by atoms with E-state index in [1.807, 2.05) is 0 Å². The van der Waals surface area contributed by atoms with Gasteiger partial charge in [0, 0.05) is 20.1 Å². The van der Waals surface area contributed by atoms with Crippen molar-refractivity contribution in [1.29, 1.82) is 0 Å². The third kappa shape index (κ3) is 2.79. The van der Waals surface area contributed by atoms with E-state index in [1.54, 1.807) is 25.2 Å². The molecular formula is C11H15N3O3S. The van der Waals surface area contributed by atoms with Crippen molar-refractivity contribution >= 4 is 21.6 Å². The van der Waals surface area contributed by atoms with E-state index in [9.17, 15) is 13.2 Å². The summed E-state index contributed by atoms with van der Waals surface area (Å²) in [6.45, 7) is 0.485. The Morgan fingerprint density at radius 3 is 2.61 bits per heavy atom. The predicted molar refractivity (Wildman–Crippen MR) is 68.3 cm³/mol. The zero-order chi connectivity index (χ0) is 13.2. The lowest BCUT2D eigenvalue weighted by atomic mass is 10.3. The van der Waals surface area contributed by atoms with Crippen LogP contribution in [0.2, 0.25) is 0 Å². The number of anilines is 1. The van der Waals surface area contributed by atoms with Gasteiger partial charge in [-0.2, -0.15) is 0 Å². The molecule has 0 radical (unpaired) electrons. The molecule has 0 atom stereocenters. The van der Waals surface area contributed by atoms with E-state index in [2.05, 4.69) is 10.3 Å². The maximum atomic E-state index is 12.1. The summed E-state index contributed by atoms with van der Waals surface area (Å²) < 4.78 is 22.6. The molecule has 7 heteroatoms. The molecule has 0 bridgehead atoms. The van der Waals surface area contributed by atoms with Gasteiger partial charge in [0.05, 0.1) is 11.5 Å². The molecule has 0 unspecified atom stereocenters. The third-order valence-corrected chi connectivity index (χ3v) is 4.47. The standard InChI is InChI=1S/C11H15N3O3S/c1-12-10-4-2-3-9(13-10)11(15)14-5-7-18(16,17)8-6-14/h2-4H,5-8H2,1H3,(H,12,13). The van der Waals surface area contributed by atoms with Crippen LogP contribution in [0, 0.1) is 0 Å². The normalized spacial score (nSPS) is 18.4. The van der Waals surface area contributed by atoms with Crippen molar-refractivity contribution < 1.29 is 13.2 Å². The average molecular weight is 269 g/mol. The van der Waals surface area contributed by atoms with E-state index >= 15 is 0 Å². The summed E-state index contributed by atoms with van der Waals surface area (Å²) in [6, 6.07) is 5.14. The predicted octanol–water partition coefficient (Wildman–Crippen LogP) is -0.00610. The molecule has 0 saturated carbocycles. The number of nitrogens with zero attached hydrogens (tertiary/aromatic N) is 2. The minimum Gasteiger partial charge on any atom is -0.373 e. The highest BCUT2D eigenvalue weighted by Crippen LogP contribution is 2.10. The molecule has 1 amide bonds. The first-order chi connectivity index (χ1) is 8.52. The van der Waals surface area contributed by atoms with Crippen molar-refractivity contribution in [1.82, 2.24) is 9.88 Å². The van der Waals surface area contributed by atoms with Gasteiger partial charge in [-0.05, 0) is 12.1 Å². The zero-order valence-electron chi connectivity index (χ0n) is 10.1. The topological polar surface area (TPSA) is 79.4 Å². The van der Waals surface area contributed by atoms with E-state index in [-0.39, 0.29) is 30.5 Å². The number of rotatable bonds is 2. The van der Waals surface area contributed by atoms with E-state index < -0.39 is 9.84 Å². The monoisotopic (exact) mass is 269 g/mol. The number of carbonyl (C=O) groups excluding carboxylic acids is 1. The lowest BCUT2D eigenvalue weighted by Crippen LogP contribution is -2.44. The molecule has 1 N–H and O–H groups in total. The van der Waals surface area contributed by atoms with Crippen LogP contribution in [0.3, 0.4) is 0 Å². The second-order valence-corrected chi connectivity index (χ2v) is 6.41. The van der Waals surface area contributed by atoms with Crippen LogP contribution in [-0.2, 0) is 9.84 Å². The maximum absolute atomic E-state index is 12.1. The smallest absolute Gasteiger partial charge is 0.272 e. The third-order valence-electron chi connectivity index (χ3n) is 2.86. The molecule has 6 nitrogen and oxygen atoms in total. The minimum absolute atomic E-state index is 0.0322. The molecule has 1 fully saturated rings. The highest BCUT2D eigenvalue weighted by Gasteiger charge is 2.26. The van der Waals surface area contributed by atoms with Crippen LogP contribution < -0.4 is 5.32 Å². The zero-order valence-corrected chi connectivity index (χ0v) is 10.9. The van der Waals surface area contributed by atoms with Crippen LogP contribution in [0.5, 0.6) is 0 Å². The summed E-state index contributed by atoms with van der Waals surface area (Å²) in [5.74, 6) is 0.460. The van der Waals surface area contributed by atoms with Crippen LogP contribution in [0.25, 0.3) is 0 Å². The van der Waals surface area contributed by atoms with Crippen LogP contribution in [0.4, 0.5) is 5.82 Å². The molecule has 0 aliphatic carbocycles. The quantitative estimate of drug-likeness (QED) is 0.817. The summed E-state index contributed by atoms with van der Waals surface area (Å²) in [5.41, 5.74) is 0.334. The van der Waals surface area contributed by atoms with Crippen molar-refractivity contribution in [2.24, 2.45) is 0 Å². The Morgan fingerprint density at radius 2 is 2.00 bits per heavy atom. The highest BCUT2D eigenvalue weighted by atomic mass is 32.2. The van der Waals surface area contributed by atoms with E-state index in [4.69, 9.17) is 0 Å². The Kier molecular flexibility index (Phi) is 3.51. The van der Waals surface area contributed by atoms with Gasteiger partial charge in [-0.1, -0.05) is 6.07 Å². The van der Waals surface area contributed by atoms with E-state index in [0.29, 0.717) is 11.5 Å². The average Bonchev–Trinajstić information content (AvgIpc) is 2.38. The van der Waals surface area contributed by atoms with Crippen LogP contribution in [0.1, 0.15) is 10.5 Å². The molecule has 98 valence electrons. The van der Waals surface area contributed by atoms with Gasteiger partial charge < -0.3 is 10.2 Å². The highest BCUT2D eigenvalue weighted by molar-refractivity contribution is 7.91. The molecule has 0 spiro atoms. The Balaban J connectivity index is 2.12. The molecule has 2 heterocycles. The second kappa shape index (κ2) is 4.93. The van der Waals surface area contributed by atoms with Crippen molar-refractivity contribution in [2.45, 2.75) is 0 Å². The first-order valence-corrected chi connectivity index (χ1v) is 7.48. The van der Waals surface area contributed by atoms with Gasteiger partial charge in [0.15, 0.2) is 9.84 Å². The number of hydrogen-bond donors (Lipinski definition) is 1. The largest absolute Gasteiger partial charge is 0.373 e. The number of carbonyl (C=O) groups is 1. The maximum Gasteiger partial charge on any atom is 0.272 e. The summed E-state index contributed by atoms with van der Waals surface area (Å²) >= 11 is 0. The molecular weight excluding hydrogens is 254 g/mol. The Labute approximate surface area is 106 Å². The summed E-state index contributed by atoms with van der Waals surface area (Å²) in [5, 5.41) is 2.86. The number of sulfone groups is 1. The lowest BCUT2D eigenvalue weighted by molar-refractivity contribution is 0.0764. The molecule has 0 aromatic carbocycles. The van der Waals surface area contributed by atoms with Gasteiger partial charge in [0.25, 0.3) is 5.91 Å². The van der Waals surface area contributed by atoms with Gasteiger partial charge in [-0.15, -0.1) is 0 Å². The van der Waals surface area contributed by atoms with Crippen molar-refractivity contribution in [3.05, 3.63) is 23.9 Å². The fraction of sp³-hybridized carbons (Fsp3) is 0.455. The Bertz CT molecular complexity index is 542.